The smallest absolute Gasteiger partial charge is 0.336 e. The molecule has 6 heteroatoms. The van der Waals surface area contributed by atoms with Gasteiger partial charge in [-0.2, -0.15) is 0 Å². The van der Waals surface area contributed by atoms with Crippen LogP contribution in [0.25, 0.3) is 0 Å². The quantitative estimate of drug-likeness (QED) is 0.634. The number of ether oxygens (including phenoxy) is 2. The van der Waals surface area contributed by atoms with Crippen LogP contribution >= 0.6 is 0 Å². The van der Waals surface area contributed by atoms with Gasteiger partial charge in [-0.25, -0.2) is 4.79 Å². The molecule has 0 aromatic carbocycles. The van der Waals surface area contributed by atoms with E-state index < -0.39 is 11.9 Å². The summed E-state index contributed by atoms with van der Waals surface area (Å²) in [6.45, 7) is 6.49. The van der Waals surface area contributed by atoms with Gasteiger partial charge in [0.2, 0.25) is 0 Å². The van der Waals surface area contributed by atoms with E-state index in [0.29, 0.717) is 35.6 Å². The number of ketones is 1. The fourth-order valence-corrected chi connectivity index (χ4v) is 3.84. The molecule has 144 valence electrons. The molecule has 3 rings (SSSR count). The van der Waals surface area contributed by atoms with E-state index in [9.17, 15) is 9.59 Å². The number of aromatic nitrogens is 1. The third-order valence-corrected chi connectivity index (χ3v) is 4.96. The van der Waals surface area contributed by atoms with Crippen molar-refractivity contribution in [3.8, 4) is 0 Å². The maximum atomic E-state index is 13.0. The van der Waals surface area contributed by atoms with Gasteiger partial charge in [0.1, 0.15) is 6.61 Å². The number of nitrogens with one attached hydrogen (secondary N) is 1. The van der Waals surface area contributed by atoms with E-state index in [1.807, 2.05) is 25.1 Å². The van der Waals surface area contributed by atoms with Gasteiger partial charge in [0.15, 0.2) is 5.78 Å². The number of hydrogen-bond acceptors (Lipinski definition) is 6. The third-order valence-electron chi connectivity index (χ3n) is 4.96. The molecule has 1 atom stereocenters. The summed E-state index contributed by atoms with van der Waals surface area (Å²) >= 11 is 0. The van der Waals surface area contributed by atoms with Crippen LogP contribution in [0.3, 0.4) is 0 Å². The summed E-state index contributed by atoms with van der Waals surface area (Å²) < 4.78 is 10.3. The van der Waals surface area contributed by atoms with Gasteiger partial charge in [-0.05, 0) is 30.9 Å². The molecule has 0 saturated heterocycles. The van der Waals surface area contributed by atoms with Gasteiger partial charge in [0.05, 0.1) is 23.8 Å². The van der Waals surface area contributed by atoms with Gasteiger partial charge in [-0.15, -0.1) is 0 Å². The zero-order valence-corrected chi connectivity index (χ0v) is 16.3. The first-order valence-electron chi connectivity index (χ1n) is 9.15. The van der Waals surface area contributed by atoms with Crippen molar-refractivity contribution < 1.29 is 19.1 Å². The van der Waals surface area contributed by atoms with Gasteiger partial charge >= 0.3 is 5.97 Å². The van der Waals surface area contributed by atoms with E-state index in [2.05, 4.69) is 24.1 Å². The lowest BCUT2D eigenvalue weighted by Crippen LogP contribution is -2.39. The van der Waals surface area contributed by atoms with Gasteiger partial charge in [-0.1, -0.05) is 19.9 Å². The summed E-state index contributed by atoms with van der Waals surface area (Å²) in [6, 6.07) is 5.53. The minimum atomic E-state index is -0.513. The van der Waals surface area contributed by atoms with Crippen LogP contribution in [0.5, 0.6) is 0 Å². The summed E-state index contributed by atoms with van der Waals surface area (Å²) in [5, 5.41) is 3.30. The molecule has 1 aliphatic carbocycles. The molecule has 1 aromatic rings. The first-order valence-corrected chi connectivity index (χ1v) is 9.15. The van der Waals surface area contributed by atoms with Crippen LogP contribution in [0.1, 0.15) is 45.2 Å². The summed E-state index contributed by atoms with van der Waals surface area (Å²) in [7, 11) is 1.55. The fraction of sp³-hybridized carbons (Fsp3) is 0.476. The Hall–Kier alpha value is -2.47. The Morgan fingerprint density at radius 2 is 2.07 bits per heavy atom. The number of hydrogen-bond donors (Lipinski definition) is 1. The van der Waals surface area contributed by atoms with E-state index in [1.54, 1.807) is 13.3 Å². The second-order valence-electron chi connectivity index (χ2n) is 7.81. The molecule has 0 fully saturated rings. The number of carbonyl (C=O) groups is 2. The largest absolute Gasteiger partial charge is 0.460 e. The number of methoxy groups -OCH3 is 1. The number of pyridine rings is 1. The highest BCUT2D eigenvalue weighted by atomic mass is 16.6. The van der Waals surface area contributed by atoms with Gasteiger partial charge in [0, 0.05) is 36.7 Å². The summed E-state index contributed by atoms with van der Waals surface area (Å²) in [6.07, 6.45) is 2.88. The number of nitrogens with zero attached hydrogens (tertiary/aromatic N) is 1. The molecule has 2 aliphatic rings. The third kappa shape index (κ3) is 3.95. The number of Topliss-reactive ketones (excluding diaryl/α,β-unsaturated/α-hetero) is 1. The van der Waals surface area contributed by atoms with Crippen molar-refractivity contribution in [1.82, 2.24) is 10.3 Å². The van der Waals surface area contributed by atoms with E-state index in [1.165, 1.54) is 0 Å². The molecular formula is C21H26N2O4. The molecule has 1 N–H and O–H groups in total. The molecule has 0 saturated carbocycles. The minimum Gasteiger partial charge on any atom is -0.460 e. The van der Waals surface area contributed by atoms with Crippen LogP contribution in [-0.2, 0) is 19.1 Å². The van der Waals surface area contributed by atoms with E-state index in [0.717, 1.165) is 12.1 Å². The number of esters is 1. The predicted octanol–water partition coefficient (Wildman–Crippen LogP) is 2.88. The summed E-state index contributed by atoms with van der Waals surface area (Å²) in [5.74, 6) is -0.905. The Kier molecular flexibility index (Phi) is 5.46. The van der Waals surface area contributed by atoms with Crippen LogP contribution in [0, 0.1) is 5.41 Å². The van der Waals surface area contributed by atoms with Crippen molar-refractivity contribution in [2.75, 3.05) is 20.3 Å². The first kappa shape index (κ1) is 19.3. The van der Waals surface area contributed by atoms with Crippen LogP contribution in [0.2, 0.25) is 0 Å². The van der Waals surface area contributed by atoms with E-state index in [-0.39, 0.29) is 17.8 Å². The molecule has 0 radical (unpaired) electrons. The maximum Gasteiger partial charge on any atom is 0.336 e. The molecule has 1 unspecified atom stereocenters. The fourth-order valence-electron chi connectivity index (χ4n) is 3.84. The SMILES string of the molecule is COCCOC(=O)C1=C(C)NC2=C(C(=O)CC(C)(C)C2)C1c1ccccn1. The average molecular weight is 370 g/mol. The molecule has 0 spiro atoms. The number of dihydropyridines is 1. The Bertz CT molecular complexity index is 809. The van der Waals surface area contributed by atoms with Crippen molar-refractivity contribution in [3.05, 3.63) is 52.6 Å². The van der Waals surface area contributed by atoms with Crippen molar-refractivity contribution >= 4 is 11.8 Å². The lowest BCUT2D eigenvalue weighted by atomic mass is 9.69. The van der Waals surface area contributed by atoms with Crippen molar-refractivity contribution in [1.29, 1.82) is 0 Å². The van der Waals surface area contributed by atoms with Gasteiger partial charge in [-0.3, -0.25) is 9.78 Å². The minimum absolute atomic E-state index is 0.0547. The van der Waals surface area contributed by atoms with Crippen molar-refractivity contribution in [2.45, 2.75) is 39.5 Å². The maximum absolute atomic E-state index is 13.0. The summed E-state index contributed by atoms with van der Waals surface area (Å²) in [5.41, 5.74) is 3.23. The standard InChI is InChI=1S/C21H26N2O4/c1-13-17(20(25)27-10-9-26-4)19(14-7-5-6-8-22-14)18-15(23-13)11-21(2,3)12-16(18)24/h5-8,19,23H,9-12H2,1-4H3. The first-order chi connectivity index (χ1) is 12.8. The molecule has 1 aliphatic heterocycles. The van der Waals surface area contributed by atoms with Crippen LogP contribution in [0.4, 0.5) is 0 Å². The highest BCUT2D eigenvalue weighted by Crippen LogP contribution is 2.46. The molecule has 0 amide bonds. The highest BCUT2D eigenvalue weighted by molar-refractivity contribution is 6.04. The second-order valence-corrected chi connectivity index (χ2v) is 7.81. The predicted molar refractivity (Wildman–Crippen MR) is 101 cm³/mol. The number of allylic oxidation sites excluding steroid dienone is 3. The topological polar surface area (TPSA) is 77.5 Å². The summed E-state index contributed by atoms with van der Waals surface area (Å²) in [4.78, 5) is 30.3. The lowest BCUT2D eigenvalue weighted by Gasteiger charge is -2.39. The average Bonchev–Trinajstić information content (AvgIpc) is 2.60. The molecule has 6 nitrogen and oxygen atoms in total. The van der Waals surface area contributed by atoms with E-state index >= 15 is 0 Å². The Labute approximate surface area is 159 Å². The zero-order valence-electron chi connectivity index (χ0n) is 16.3. The monoisotopic (exact) mass is 370 g/mol. The normalized spacial score (nSPS) is 21.6. The Balaban J connectivity index is 2.06. The van der Waals surface area contributed by atoms with Crippen LogP contribution in [0.15, 0.2) is 46.9 Å². The Morgan fingerprint density at radius 1 is 1.30 bits per heavy atom. The lowest BCUT2D eigenvalue weighted by molar-refractivity contribution is -0.140. The number of rotatable bonds is 5. The van der Waals surface area contributed by atoms with Crippen molar-refractivity contribution in [3.63, 3.8) is 0 Å². The molecule has 0 bridgehead atoms. The Morgan fingerprint density at radius 3 is 2.74 bits per heavy atom. The molecule has 1 aromatic heterocycles. The van der Waals surface area contributed by atoms with Crippen LogP contribution in [-0.4, -0.2) is 37.1 Å². The zero-order chi connectivity index (χ0) is 19.6. The van der Waals surface area contributed by atoms with Gasteiger partial charge < -0.3 is 14.8 Å². The highest BCUT2D eigenvalue weighted by Gasteiger charge is 2.43. The van der Waals surface area contributed by atoms with E-state index in [4.69, 9.17) is 9.47 Å². The number of carbonyl (C=O) groups excluding carboxylic acids is 2. The molecule has 27 heavy (non-hydrogen) atoms. The second kappa shape index (κ2) is 7.64. The molecular weight excluding hydrogens is 344 g/mol. The molecule has 2 heterocycles. The van der Waals surface area contributed by atoms with Crippen molar-refractivity contribution in [2.24, 2.45) is 5.41 Å². The van der Waals surface area contributed by atoms with Gasteiger partial charge in [0.25, 0.3) is 0 Å². The van der Waals surface area contributed by atoms with Crippen LogP contribution < -0.4 is 5.32 Å².